The summed E-state index contributed by atoms with van der Waals surface area (Å²) in [6.45, 7) is 13.0. The van der Waals surface area contributed by atoms with Crippen LogP contribution in [-0.2, 0) is 34.4 Å². The largest absolute Gasteiger partial charge is 0.488 e. The van der Waals surface area contributed by atoms with Crippen molar-refractivity contribution in [2.45, 2.75) is 72.5 Å². The van der Waals surface area contributed by atoms with Crippen LogP contribution in [0.15, 0.2) is 57.9 Å². The molecule has 42 heavy (non-hydrogen) atoms. The van der Waals surface area contributed by atoms with E-state index in [1.54, 1.807) is 32.0 Å². The van der Waals surface area contributed by atoms with Crippen LogP contribution in [0.3, 0.4) is 0 Å². The fourth-order valence-electron chi connectivity index (χ4n) is 4.61. The number of aromatic nitrogens is 2. The predicted molar refractivity (Wildman–Crippen MR) is 162 cm³/mol. The van der Waals surface area contributed by atoms with Crippen LogP contribution in [0.2, 0.25) is 0 Å². The smallest absolute Gasteiger partial charge is 0.264 e. The van der Waals surface area contributed by atoms with E-state index in [0.717, 1.165) is 40.9 Å². The van der Waals surface area contributed by atoms with Gasteiger partial charge in [0.2, 0.25) is 5.88 Å². The van der Waals surface area contributed by atoms with E-state index in [1.807, 2.05) is 51.1 Å². The summed E-state index contributed by atoms with van der Waals surface area (Å²) in [6.07, 6.45) is 1.83. The van der Waals surface area contributed by atoms with Gasteiger partial charge in [-0.2, -0.15) is 0 Å². The molecule has 0 aliphatic rings. The molecule has 0 aliphatic heterocycles. The van der Waals surface area contributed by atoms with Gasteiger partial charge in [0.25, 0.3) is 10.0 Å². The summed E-state index contributed by atoms with van der Waals surface area (Å²) in [5.41, 5.74) is 6.07. The number of sulfonamides is 1. The number of aryl methyl sites for hydroxylation is 3. The number of benzene rings is 2. The summed E-state index contributed by atoms with van der Waals surface area (Å²) in [7, 11) is -3.99. The molecular formula is C32H39N3O6S. The molecular weight excluding hydrogens is 554 g/mol. The number of nitrogens with one attached hydrogen (secondary N) is 1. The van der Waals surface area contributed by atoms with Crippen LogP contribution in [0, 0.1) is 20.8 Å². The topological polar surface area (TPSA) is 113 Å². The molecule has 2 aromatic heterocycles. The van der Waals surface area contributed by atoms with Gasteiger partial charge in [-0.3, -0.25) is 4.98 Å². The normalized spacial score (nSPS) is 11.5. The lowest BCUT2D eigenvalue weighted by atomic mass is 9.98. The average molecular weight is 594 g/mol. The van der Waals surface area contributed by atoms with Crippen molar-refractivity contribution in [3.05, 3.63) is 82.3 Å². The van der Waals surface area contributed by atoms with E-state index in [2.05, 4.69) is 21.8 Å². The van der Waals surface area contributed by atoms with Gasteiger partial charge in [-0.15, -0.1) is 0 Å². The number of hydrogen-bond acceptors (Lipinski definition) is 8. The van der Waals surface area contributed by atoms with E-state index in [1.165, 1.54) is 0 Å². The first kappa shape index (κ1) is 31.1. The number of anilines is 1. The van der Waals surface area contributed by atoms with Gasteiger partial charge < -0.3 is 18.7 Å². The van der Waals surface area contributed by atoms with Crippen molar-refractivity contribution in [3.8, 4) is 22.6 Å². The molecule has 0 amide bonds. The number of nitrogens with zero attached hydrogens (tertiary/aromatic N) is 2. The quantitative estimate of drug-likeness (QED) is 0.167. The maximum Gasteiger partial charge on any atom is 0.264 e. The molecule has 9 nitrogen and oxygen atoms in total. The first-order chi connectivity index (χ1) is 20.2. The summed E-state index contributed by atoms with van der Waals surface area (Å²) in [5, 5.41) is 3.86. The lowest BCUT2D eigenvalue weighted by molar-refractivity contribution is 0.134. The van der Waals surface area contributed by atoms with E-state index >= 15 is 0 Å². The number of pyridine rings is 1. The fourth-order valence-corrected chi connectivity index (χ4v) is 5.88. The zero-order valence-corrected chi connectivity index (χ0v) is 25.9. The van der Waals surface area contributed by atoms with Crippen molar-refractivity contribution in [2.75, 3.05) is 17.9 Å². The molecule has 0 radical (unpaired) electrons. The Morgan fingerprint density at radius 3 is 2.36 bits per heavy atom. The van der Waals surface area contributed by atoms with Crippen molar-refractivity contribution in [2.24, 2.45) is 0 Å². The third-order valence-electron chi connectivity index (χ3n) is 6.83. The highest BCUT2D eigenvalue weighted by atomic mass is 32.2. The van der Waals surface area contributed by atoms with Gasteiger partial charge in [0.05, 0.1) is 29.5 Å². The Kier molecular flexibility index (Phi) is 10.2. The molecule has 0 aliphatic carbocycles. The van der Waals surface area contributed by atoms with Crippen molar-refractivity contribution in [1.82, 2.24) is 10.1 Å². The van der Waals surface area contributed by atoms with E-state index in [0.29, 0.717) is 54.7 Å². The zero-order chi connectivity index (χ0) is 30.3. The van der Waals surface area contributed by atoms with Crippen LogP contribution >= 0.6 is 0 Å². The summed E-state index contributed by atoms with van der Waals surface area (Å²) >= 11 is 0. The minimum atomic E-state index is -3.99. The minimum Gasteiger partial charge on any atom is -0.488 e. The van der Waals surface area contributed by atoms with Crippen LogP contribution in [0.4, 0.5) is 5.88 Å². The Bertz CT molecular complexity index is 1630. The summed E-state index contributed by atoms with van der Waals surface area (Å²) in [5.74, 6) is 1.40. The molecule has 2 heterocycles. The van der Waals surface area contributed by atoms with Crippen molar-refractivity contribution >= 4 is 15.9 Å². The van der Waals surface area contributed by atoms with Gasteiger partial charge in [-0.05, 0) is 69.9 Å². The zero-order valence-electron chi connectivity index (χ0n) is 25.1. The average Bonchev–Trinajstić information content (AvgIpc) is 3.28. The number of ether oxygens (including phenoxy) is 3. The van der Waals surface area contributed by atoms with Gasteiger partial charge in [0.1, 0.15) is 6.61 Å². The molecule has 0 saturated heterocycles. The van der Waals surface area contributed by atoms with Gasteiger partial charge in [0.15, 0.2) is 11.5 Å². The van der Waals surface area contributed by atoms with Crippen molar-refractivity contribution < 1.29 is 27.2 Å². The molecule has 0 spiro atoms. The standard InChI is InChI=1S/C32H39N3O6S/c1-7-12-26-18-29(31(39-9-3)23(6)33-26)40-19-24-15-16-27(25(17-24)20-38-8-2)28-13-10-11-14-30(28)42(36,37)35-32-21(4)22(5)34-41-32/h10-11,13-18,35H,7-9,12,19-20H2,1-6H3. The van der Waals surface area contributed by atoms with Crippen LogP contribution < -0.4 is 14.2 Å². The van der Waals surface area contributed by atoms with Crippen LogP contribution in [0.1, 0.15) is 61.0 Å². The molecule has 0 atom stereocenters. The SMILES string of the molecule is CCCc1cc(OCc2ccc(-c3ccccc3S(=O)(=O)Nc3onc(C)c3C)c(COCC)c2)c(OCC)c(C)n1. The van der Waals surface area contributed by atoms with Gasteiger partial charge in [-0.25, -0.2) is 13.1 Å². The molecule has 1 N–H and O–H groups in total. The summed E-state index contributed by atoms with van der Waals surface area (Å²) in [4.78, 5) is 4.79. The lowest BCUT2D eigenvalue weighted by Gasteiger charge is -2.18. The highest BCUT2D eigenvalue weighted by molar-refractivity contribution is 7.92. The molecule has 4 aromatic rings. The molecule has 0 saturated carbocycles. The Balaban J connectivity index is 1.68. The molecule has 4 rings (SSSR count). The Morgan fingerprint density at radius 1 is 0.881 bits per heavy atom. The molecule has 0 unspecified atom stereocenters. The van der Waals surface area contributed by atoms with Crippen molar-refractivity contribution in [1.29, 1.82) is 0 Å². The minimum absolute atomic E-state index is 0.101. The highest BCUT2D eigenvalue weighted by Crippen LogP contribution is 2.35. The van der Waals surface area contributed by atoms with Gasteiger partial charge in [0, 0.05) is 29.5 Å². The highest BCUT2D eigenvalue weighted by Gasteiger charge is 2.24. The monoisotopic (exact) mass is 593 g/mol. The molecule has 0 fully saturated rings. The van der Waals surface area contributed by atoms with Crippen LogP contribution in [-0.4, -0.2) is 31.8 Å². The third-order valence-corrected chi connectivity index (χ3v) is 8.22. The molecule has 2 aromatic carbocycles. The molecule has 10 heteroatoms. The van der Waals surface area contributed by atoms with E-state index in [4.69, 9.17) is 18.7 Å². The number of rotatable bonds is 14. The van der Waals surface area contributed by atoms with Crippen LogP contribution in [0.5, 0.6) is 11.5 Å². The Labute approximate surface area is 248 Å². The molecule has 0 bridgehead atoms. The van der Waals surface area contributed by atoms with Crippen LogP contribution in [0.25, 0.3) is 11.1 Å². The third kappa shape index (κ3) is 7.11. The maximum absolute atomic E-state index is 13.5. The van der Waals surface area contributed by atoms with Crippen molar-refractivity contribution in [3.63, 3.8) is 0 Å². The Morgan fingerprint density at radius 2 is 1.67 bits per heavy atom. The maximum atomic E-state index is 13.5. The summed E-state index contributed by atoms with van der Waals surface area (Å²) < 4.78 is 52.8. The number of hydrogen-bond donors (Lipinski definition) is 1. The second-order valence-electron chi connectivity index (χ2n) is 9.95. The fraction of sp³-hybridized carbons (Fsp3) is 0.375. The molecule has 224 valence electrons. The Hall–Kier alpha value is -3.89. The van der Waals surface area contributed by atoms with Gasteiger partial charge >= 0.3 is 0 Å². The van der Waals surface area contributed by atoms with Gasteiger partial charge in [-0.1, -0.05) is 48.8 Å². The van der Waals surface area contributed by atoms with E-state index < -0.39 is 10.0 Å². The lowest BCUT2D eigenvalue weighted by Crippen LogP contribution is -2.14. The second kappa shape index (κ2) is 13.8. The first-order valence-corrected chi connectivity index (χ1v) is 15.7. The van der Waals surface area contributed by atoms with E-state index in [-0.39, 0.29) is 10.8 Å². The first-order valence-electron chi connectivity index (χ1n) is 14.2. The second-order valence-corrected chi connectivity index (χ2v) is 11.6. The summed E-state index contributed by atoms with van der Waals surface area (Å²) in [6, 6.07) is 14.7. The van der Waals surface area contributed by atoms with E-state index in [9.17, 15) is 8.42 Å². The predicted octanol–water partition coefficient (Wildman–Crippen LogP) is 6.93.